The molecule has 1 aliphatic rings. The van der Waals surface area contributed by atoms with Crippen molar-refractivity contribution in [3.05, 3.63) is 79.7 Å². The van der Waals surface area contributed by atoms with Gasteiger partial charge in [0.25, 0.3) is 5.91 Å². The normalized spacial score (nSPS) is 15.9. The Bertz CT molecular complexity index is 1200. The fourth-order valence-electron chi connectivity index (χ4n) is 4.29. The standard InChI is InChI=1S/C25H26ClNO4/c1-14(2)30-11-5-10-27-22(17-6-8-18(26)9-7-17)21-23(28)20-16(4)12-15(3)13-19(20)31-24(21)25(27)29/h6-9,12-14,22H,5,10-11H2,1-4H3. The van der Waals surface area contributed by atoms with Crippen LogP contribution in [0.15, 0.2) is 45.6 Å². The molecule has 1 atom stereocenters. The maximum atomic E-state index is 13.6. The second-order valence-electron chi connectivity index (χ2n) is 8.35. The van der Waals surface area contributed by atoms with Crippen molar-refractivity contribution >= 4 is 28.5 Å². The molecule has 2 heterocycles. The van der Waals surface area contributed by atoms with Gasteiger partial charge in [-0.2, -0.15) is 0 Å². The molecule has 0 aliphatic carbocycles. The fourth-order valence-corrected chi connectivity index (χ4v) is 4.42. The van der Waals surface area contributed by atoms with Gasteiger partial charge in [-0.05, 0) is 69.0 Å². The summed E-state index contributed by atoms with van der Waals surface area (Å²) < 4.78 is 11.7. The summed E-state index contributed by atoms with van der Waals surface area (Å²) in [5.74, 6) is -0.134. The van der Waals surface area contributed by atoms with Crippen LogP contribution in [-0.4, -0.2) is 30.1 Å². The molecule has 5 nitrogen and oxygen atoms in total. The third-order valence-corrected chi connectivity index (χ3v) is 5.84. The zero-order chi connectivity index (χ0) is 22.3. The monoisotopic (exact) mass is 439 g/mol. The minimum absolute atomic E-state index is 0.123. The molecule has 0 N–H and O–H groups in total. The van der Waals surface area contributed by atoms with Gasteiger partial charge in [0.05, 0.1) is 23.1 Å². The maximum absolute atomic E-state index is 13.6. The zero-order valence-electron chi connectivity index (χ0n) is 18.2. The number of carbonyl (C=O) groups is 1. The number of halogens is 1. The summed E-state index contributed by atoms with van der Waals surface area (Å²) in [4.78, 5) is 28.7. The first-order chi connectivity index (χ1) is 14.8. The third-order valence-electron chi connectivity index (χ3n) is 5.59. The van der Waals surface area contributed by atoms with E-state index in [4.69, 9.17) is 20.8 Å². The highest BCUT2D eigenvalue weighted by Crippen LogP contribution is 2.39. The number of hydrogen-bond acceptors (Lipinski definition) is 4. The van der Waals surface area contributed by atoms with E-state index in [1.807, 2.05) is 52.0 Å². The number of ether oxygens (including phenoxy) is 1. The van der Waals surface area contributed by atoms with Crippen LogP contribution in [0.3, 0.4) is 0 Å². The number of aryl methyl sites for hydroxylation is 2. The Morgan fingerprint density at radius 1 is 1.13 bits per heavy atom. The number of amides is 1. The Balaban J connectivity index is 1.85. The van der Waals surface area contributed by atoms with Crippen LogP contribution in [0.25, 0.3) is 11.0 Å². The van der Waals surface area contributed by atoms with Crippen LogP contribution < -0.4 is 5.43 Å². The molecule has 6 heteroatoms. The molecule has 2 aromatic carbocycles. The summed E-state index contributed by atoms with van der Waals surface area (Å²) in [5, 5.41) is 1.13. The minimum Gasteiger partial charge on any atom is -0.450 e. The van der Waals surface area contributed by atoms with Crippen LogP contribution in [0.2, 0.25) is 5.02 Å². The van der Waals surface area contributed by atoms with Gasteiger partial charge in [0.15, 0.2) is 5.43 Å². The molecule has 1 aliphatic heterocycles. The molecule has 31 heavy (non-hydrogen) atoms. The topological polar surface area (TPSA) is 59.8 Å². The smallest absolute Gasteiger partial charge is 0.290 e. The van der Waals surface area contributed by atoms with Crippen LogP contribution in [0.1, 0.15) is 59.1 Å². The lowest BCUT2D eigenvalue weighted by atomic mass is 9.97. The van der Waals surface area contributed by atoms with Crippen molar-refractivity contribution in [1.82, 2.24) is 4.90 Å². The van der Waals surface area contributed by atoms with Gasteiger partial charge in [0, 0.05) is 18.2 Å². The van der Waals surface area contributed by atoms with Crippen molar-refractivity contribution in [2.45, 2.75) is 46.3 Å². The molecule has 162 valence electrons. The van der Waals surface area contributed by atoms with Crippen LogP contribution >= 0.6 is 11.6 Å². The van der Waals surface area contributed by atoms with Crippen molar-refractivity contribution in [3.63, 3.8) is 0 Å². The summed E-state index contributed by atoms with van der Waals surface area (Å²) in [7, 11) is 0. The summed E-state index contributed by atoms with van der Waals surface area (Å²) in [5.41, 5.74) is 3.36. The van der Waals surface area contributed by atoms with Crippen LogP contribution in [-0.2, 0) is 4.74 Å². The van der Waals surface area contributed by atoms with Gasteiger partial charge in [-0.25, -0.2) is 0 Å². The van der Waals surface area contributed by atoms with Gasteiger partial charge in [-0.15, -0.1) is 0 Å². The second-order valence-corrected chi connectivity index (χ2v) is 8.79. The Kier molecular flexibility index (Phi) is 5.91. The molecule has 3 aromatic rings. The highest BCUT2D eigenvalue weighted by atomic mass is 35.5. The number of nitrogens with zero attached hydrogens (tertiary/aromatic N) is 1. The van der Waals surface area contributed by atoms with E-state index < -0.39 is 6.04 Å². The molecule has 4 rings (SSSR count). The molecular weight excluding hydrogens is 414 g/mol. The molecule has 1 aromatic heterocycles. The lowest BCUT2D eigenvalue weighted by Gasteiger charge is -2.25. The first kappa shape index (κ1) is 21.6. The highest BCUT2D eigenvalue weighted by Gasteiger charge is 2.42. The largest absolute Gasteiger partial charge is 0.450 e. The van der Waals surface area contributed by atoms with Gasteiger partial charge in [-0.1, -0.05) is 29.8 Å². The quantitative estimate of drug-likeness (QED) is 0.481. The first-order valence-electron chi connectivity index (χ1n) is 10.5. The second kappa shape index (κ2) is 8.48. The van der Waals surface area contributed by atoms with Crippen molar-refractivity contribution in [3.8, 4) is 0 Å². The van der Waals surface area contributed by atoms with E-state index in [1.165, 1.54) is 0 Å². The number of hydrogen-bond donors (Lipinski definition) is 0. The molecule has 0 fully saturated rings. The first-order valence-corrected chi connectivity index (χ1v) is 10.9. The Hall–Kier alpha value is -2.63. The van der Waals surface area contributed by atoms with E-state index in [0.717, 1.165) is 16.7 Å². The molecule has 1 amide bonds. The number of benzene rings is 2. The summed E-state index contributed by atoms with van der Waals surface area (Å²) in [6, 6.07) is 10.5. The predicted molar refractivity (Wildman–Crippen MR) is 122 cm³/mol. The molecular formula is C25H26ClNO4. The van der Waals surface area contributed by atoms with E-state index in [-0.39, 0.29) is 23.2 Å². The lowest BCUT2D eigenvalue weighted by Crippen LogP contribution is -2.31. The van der Waals surface area contributed by atoms with Crippen LogP contribution in [0.4, 0.5) is 0 Å². The summed E-state index contributed by atoms with van der Waals surface area (Å²) in [6.07, 6.45) is 0.784. The SMILES string of the molecule is Cc1cc(C)c2c(=O)c3c(oc2c1)C(=O)N(CCCOC(C)C)C3c1ccc(Cl)cc1. The average Bonchev–Trinajstić information content (AvgIpc) is 2.97. The van der Waals surface area contributed by atoms with Crippen molar-refractivity contribution in [2.75, 3.05) is 13.2 Å². The van der Waals surface area contributed by atoms with Gasteiger partial charge >= 0.3 is 0 Å². The third kappa shape index (κ3) is 4.00. The molecule has 0 saturated heterocycles. The van der Waals surface area contributed by atoms with Gasteiger partial charge in [0.1, 0.15) is 5.58 Å². The summed E-state index contributed by atoms with van der Waals surface area (Å²) >= 11 is 6.08. The van der Waals surface area contributed by atoms with Crippen molar-refractivity contribution in [1.29, 1.82) is 0 Å². The number of fused-ring (bicyclic) bond motifs is 2. The van der Waals surface area contributed by atoms with Gasteiger partial charge in [-0.3, -0.25) is 9.59 Å². The number of rotatable bonds is 6. The fraction of sp³-hybridized carbons (Fsp3) is 0.360. The Morgan fingerprint density at radius 2 is 1.84 bits per heavy atom. The molecule has 0 bridgehead atoms. The van der Waals surface area contributed by atoms with E-state index in [1.54, 1.807) is 17.0 Å². The van der Waals surface area contributed by atoms with E-state index in [2.05, 4.69) is 0 Å². The predicted octanol–water partition coefficient (Wildman–Crippen LogP) is 5.42. The maximum Gasteiger partial charge on any atom is 0.290 e. The molecule has 0 spiro atoms. The van der Waals surface area contributed by atoms with Crippen molar-refractivity contribution < 1.29 is 13.9 Å². The zero-order valence-corrected chi connectivity index (χ0v) is 19.0. The van der Waals surface area contributed by atoms with Gasteiger partial charge < -0.3 is 14.1 Å². The molecule has 1 unspecified atom stereocenters. The van der Waals surface area contributed by atoms with Crippen molar-refractivity contribution in [2.24, 2.45) is 0 Å². The Morgan fingerprint density at radius 3 is 2.52 bits per heavy atom. The lowest BCUT2D eigenvalue weighted by molar-refractivity contribution is 0.0593. The highest BCUT2D eigenvalue weighted by molar-refractivity contribution is 6.30. The minimum atomic E-state index is -0.514. The van der Waals surface area contributed by atoms with Gasteiger partial charge in [0.2, 0.25) is 5.76 Å². The van der Waals surface area contributed by atoms with E-state index in [0.29, 0.717) is 41.1 Å². The average molecular weight is 440 g/mol. The van der Waals surface area contributed by atoms with E-state index in [9.17, 15) is 9.59 Å². The Labute approximate surface area is 186 Å². The van der Waals surface area contributed by atoms with Crippen LogP contribution in [0, 0.1) is 13.8 Å². The van der Waals surface area contributed by atoms with E-state index >= 15 is 0 Å². The molecule has 0 radical (unpaired) electrons. The number of carbonyl (C=O) groups excluding carboxylic acids is 1. The molecule has 0 saturated carbocycles. The van der Waals surface area contributed by atoms with Crippen LogP contribution in [0.5, 0.6) is 0 Å². The summed E-state index contributed by atoms with van der Waals surface area (Å²) in [6.45, 7) is 8.79.